The maximum absolute atomic E-state index is 13.3. The van der Waals surface area contributed by atoms with Gasteiger partial charge >= 0.3 is 0 Å². The van der Waals surface area contributed by atoms with Crippen LogP contribution in [-0.4, -0.2) is 72.0 Å². The van der Waals surface area contributed by atoms with E-state index in [9.17, 15) is 9.59 Å². The molecule has 1 saturated heterocycles. The quantitative estimate of drug-likeness (QED) is 0.582. The number of fused-ring (bicyclic) bond motifs is 1. The summed E-state index contributed by atoms with van der Waals surface area (Å²) in [7, 11) is 3.14. The van der Waals surface area contributed by atoms with Crippen molar-refractivity contribution < 1.29 is 19.1 Å². The Bertz CT molecular complexity index is 1130. The van der Waals surface area contributed by atoms with Crippen LogP contribution in [0.15, 0.2) is 12.1 Å². The Hall–Kier alpha value is -2.56. The lowest BCUT2D eigenvalue weighted by molar-refractivity contribution is 0.0540. The van der Waals surface area contributed by atoms with E-state index >= 15 is 0 Å². The highest BCUT2D eigenvalue weighted by Crippen LogP contribution is 2.36. The van der Waals surface area contributed by atoms with Crippen molar-refractivity contribution in [3.8, 4) is 5.88 Å². The molecule has 0 N–H and O–H groups in total. The van der Waals surface area contributed by atoms with Gasteiger partial charge in [-0.25, -0.2) is 4.98 Å². The van der Waals surface area contributed by atoms with E-state index in [1.807, 2.05) is 30.9 Å². The number of ether oxygens (including phenoxy) is 2. The number of carbonyl (C=O) groups is 2. The van der Waals surface area contributed by atoms with E-state index < -0.39 is 0 Å². The van der Waals surface area contributed by atoms with Crippen LogP contribution in [0.3, 0.4) is 0 Å². The minimum Gasteiger partial charge on any atom is -0.480 e. The van der Waals surface area contributed by atoms with Gasteiger partial charge in [-0.15, -0.1) is 22.7 Å². The Morgan fingerprint density at radius 2 is 1.68 bits per heavy atom. The van der Waals surface area contributed by atoms with Crippen molar-refractivity contribution in [2.45, 2.75) is 20.5 Å². The maximum Gasteiger partial charge on any atom is 0.264 e. The molecule has 1 aliphatic rings. The standard InChI is InChI=1S/C21H24N4O4S2/c1-12-5-6-14(30-12)20(26)24-7-9-25(10-8-24)21(27)17-13(2)16-18(29-4)22-15(11-28-3)23-19(16)31-17/h5-6H,7-11H2,1-4H3. The van der Waals surface area contributed by atoms with Gasteiger partial charge in [0.25, 0.3) is 11.8 Å². The van der Waals surface area contributed by atoms with E-state index in [-0.39, 0.29) is 18.4 Å². The number of methoxy groups -OCH3 is 2. The van der Waals surface area contributed by atoms with Gasteiger partial charge in [0, 0.05) is 38.2 Å². The van der Waals surface area contributed by atoms with Gasteiger partial charge in [-0.3, -0.25) is 9.59 Å². The Labute approximate surface area is 188 Å². The zero-order chi connectivity index (χ0) is 22.1. The predicted molar refractivity (Wildman–Crippen MR) is 120 cm³/mol. The highest BCUT2D eigenvalue weighted by Gasteiger charge is 2.29. The molecule has 0 atom stereocenters. The molecule has 164 valence electrons. The highest BCUT2D eigenvalue weighted by atomic mass is 32.1. The van der Waals surface area contributed by atoms with E-state index in [1.165, 1.54) is 22.7 Å². The summed E-state index contributed by atoms with van der Waals surface area (Å²) in [6.45, 7) is 6.20. The van der Waals surface area contributed by atoms with Crippen molar-refractivity contribution in [1.82, 2.24) is 19.8 Å². The van der Waals surface area contributed by atoms with E-state index in [4.69, 9.17) is 9.47 Å². The van der Waals surface area contributed by atoms with Crippen LogP contribution < -0.4 is 4.74 Å². The average Bonchev–Trinajstić information content (AvgIpc) is 3.36. The molecule has 1 fully saturated rings. The fraction of sp³-hybridized carbons (Fsp3) is 0.429. The average molecular weight is 461 g/mol. The zero-order valence-electron chi connectivity index (χ0n) is 17.9. The lowest BCUT2D eigenvalue weighted by Gasteiger charge is -2.34. The van der Waals surface area contributed by atoms with E-state index in [2.05, 4.69) is 9.97 Å². The monoisotopic (exact) mass is 460 g/mol. The predicted octanol–water partition coefficient (Wildman–Crippen LogP) is 3.12. The van der Waals surface area contributed by atoms with Crippen molar-refractivity contribution in [3.05, 3.63) is 38.2 Å². The molecule has 0 saturated carbocycles. The Balaban J connectivity index is 1.52. The maximum atomic E-state index is 13.3. The van der Waals surface area contributed by atoms with Crippen molar-refractivity contribution in [3.63, 3.8) is 0 Å². The molecule has 0 radical (unpaired) electrons. The number of aromatic nitrogens is 2. The molecule has 8 nitrogen and oxygen atoms in total. The number of hydrogen-bond donors (Lipinski definition) is 0. The smallest absolute Gasteiger partial charge is 0.264 e. The van der Waals surface area contributed by atoms with Gasteiger partial charge in [0.15, 0.2) is 5.82 Å². The minimum atomic E-state index is -0.0464. The van der Waals surface area contributed by atoms with Crippen molar-refractivity contribution in [2.75, 3.05) is 40.4 Å². The summed E-state index contributed by atoms with van der Waals surface area (Å²) < 4.78 is 10.6. The molecule has 3 aromatic heterocycles. The second-order valence-electron chi connectivity index (χ2n) is 7.31. The van der Waals surface area contributed by atoms with Gasteiger partial charge in [-0.1, -0.05) is 0 Å². The summed E-state index contributed by atoms with van der Waals surface area (Å²) in [6, 6.07) is 3.82. The first-order valence-corrected chi connectivity index (χ1v) is 11.5. The van der Waals surface area contributed by atoms with Crippen LogP contribution in [0.25, 0.3) is 10.2 Å². The van der Waals surface area contributed by atoms with Crippen LogP contribution in [0, 0.1) is 13.8 Å². The normalized spacial score (nSPS) is 14.3. The summed E-state index contributed by atoms with van der Waals surface area (Å²) in [5.74, 6) is 0.957. The third kappa shape index (κ3) is 4.15. The third-order valence-corrected chi connectivity index (χ3v) is 7.43. The molecule has 0 bridgehead atoms. The fourth-order valence-corrected chi connectivity index (χ4v) is 5.64. The number of nitrogens with zero attached hydrogens (tertiary/aromatic N) is 4. The molecule has 10 heteroatoms. The van der Waals surface area contributed by atoms with Gasteiger partial charge in [-0.2, -0.15) is 4.98 Å². The summed E-state index contributed by atoms with van der Waals surface area (Å²) in [5, 5.41) is 0.762. The highest BCUT2D eigenvalue weighted by molar-refractivity contribution is 7.20. The second-order valence-corrected chi connectivity index (χ2v) is 9.60. The van der Waals surface area contributed by atoms with Gasteiger partial charge < -0.3 is 19.3 Å². The number of carbonyl (C=O) groups excluding carboxylic acids is 2. The molecule has 3 aromatic rings. The lowest BCUT2D eigenvalue weighted by Crippen LogP contribution is -2.50. The topological polar surface area (TPSA) is 84.9 Å². The van der Waals surface area contributed by atoms with Gasteiger partial charge in [-0.05, 0) is 31.5 Å². The molecule has 0 spiro atoms. The molecular formula is C21H24N4O4S2. The molecule has 0 unspecified atom stereocenters. The van der Waals surface area contributed by atoms with Crippen LogP contribution in [0.1, 0.15) is 35.6 Å². The number of thiophene rings is 2. The lowest BCUT2D eigenvalue weighted by atomic mass is 10.2. The largest absolute Gasteiger partial charge is 0.480 e. The first kappa shape index (κ1) is 21.7. The summed E-state index contributed by atoms with van der Waals surface area (Å²) in [5.41, 5.74) is 0.818. The molecule has 1 aliphatic heterocycles. The van der Waals surface area contributed by atoms with Crippen LogP contribution in [0.4, 0.5) is 0 Å². The number of amides is 2. The first-order chi connectivity index (χ1) is 14.9. The Kier molecular flexibility index (Phi) is 6.22. The fourth-order valence-electron chi connectivity index (χ4n) is 3.65. The number of aryl methyl sites for hydroxylation is 2. The second kappa shape index (κ2) is 8.89. The van der Waals surface area contributed by atoms with Gasteiger partial charge in [0.1, 0.15) is 11.4 Å². The molecule has 0 aromatic carbocycles. The van der Waals surface area contributed by atoms with Gasteiger partial charge in [0.2, 0.25) is 5.88 Å². The summed E-state index contributed by atoms with van der Waals surface area (Å²) in [6.07, 6.45) is 0. The third-order valence-electron chi connectivity index (χ3n) is 5.27. The molecule has 4 rings (SSSR count). The molecule has 4 heterocycles. The number of rotatable bonds is 5. The number of hydrogen-bond acceptors (Lipinski definition) is 8. The first-order valence-electron chi connectivity index (χ1n) is 9.90. The summed E-state index contributed by atoms with van der Waals surface area (Å²) >= 11 is 2.85. The molecule has 31 heavy (non-hydrogen) atoms. The van der Waals surface area contributed by atoms with E-state index in [0.717, 1.165) is 20.7 Å². The van der Waals surface area contributed by atoms with Crippen LogP contribution in [0.5, 0.6) is 5.88 Å². The zero-order valence-corrected chi connectivity index (χ0v) is 19.6. The molecule has 2 amide bonds. The van der Waals surface area contributed by atoms with Crippen molar-refractivity contribution in [1.29, 1.82) is 0 Å². The van der Waals surface area contributed by atoms with Crippen molar-refractivity contribution >= 4 is 44.7 Å². The van der Waals surface area contributed by atoms with Crippen LogP contribution in [0.2, 0.25) is 0 Å². The van der Waals surface area contributed by atoms with Crippen LogP contribution >= 0.6 is 22.7 Å². The molecule has 0 aliphatic carbocycles. The number of piperazine rings is 1. The van der Waals surface area contributed by atoms with E-state index in [0.29, 0.717) is 47.6 Å². The molecular weight excluding hydrogens is 436 g/mol. The summed E-state index contributed by atoms with van der Waals surface area (Å²) in [4.78, 5) is 41.7. The Morgan fingerprint density at radius 3 is 2.26 bits per heavy atom. The van der Waals surface area contributed by atoms with Gasteiger partial charge in [0.05, 0.1) is 22.3 Å². The minimum absolute atomic E-state index is 0.0360. The van der Waals surface area contributed by atoms with Crippen molar-refractivity contribution in [2.24, 2.45) is 0 Å². The van der Waals surface area contributed by atoms with Crippen LogP contribution in [-0.2, 0) is 11.3 Å². The Morgan fingerprint density at radius 1 is 1.00 bits per heavy atom. The van der Waals surface area contributed by atoms with E-state index in [1.54, 1.807) is 19.1 Å². The SMILES string of the molecule is COCc1nc(OC)c2c(C)c(C(=O)N3CCN(C(=O)c4ccc(C)s4)CC3)sc2n1.